The highest BCUT2D eigenvalue weighted by Crippen LogP contribution is 2.32. The normalized spacial score (nSPS) is 19.4. The van der Waals surface area contributed by atoms with Crippen molar-refractivity contribution in [1.82, 2.24) is 4.90 Å². The fourth-order valence-electron chi connectivity index (χ4n) is 2.20. The molecule has 1 unspecified atom stereocenters. The van der Waals surface area contributed by atoms with Crippen molar-refractivity contribution in [2.24, 2.45) is 5.73 Å². The van der Waals surface area contributed by atoms with E-state index in [2.05, 4.69) is 0 Å². The van der Waals surface area contributed by atoms with Crippen LogP contribution in [0.1, 0.15) is 23.8 Å². The molecule has 1 aromatic heterocycles. The Morgan fingerprint density at radius 3 is 3.25 bits per heavy atom. The van der Waals surface area contributed by atoms with Crippen molar-refractivity contribution in [3.05, 3.63) is 23.7 Å². The molecule has 2 N–H and O–H groups in total. The Balaban J connectivity index is 2.26. The van der Waals surface area contributed by atoms with Gasteiger partial charge in [0.25, 0.3) is 0 Å². The molecule has 2 rings (SSSR count). The fraction of sp³-hybridized carbons (Fsp3) is 0.545. The molecule has 0 aliphatic carbocycles. The first-order valence-corrected chi connectivity index (χ1v) is 5.39. The predicted octanol–water partition coefficient (Wildman–Crippen LogP) is 1.29. The van der Waals surface area contributed by atoms with Crippen molar-refractivity contribution in [3.8, 4) is 0 Å². The maximum Gasteiger partial charge on any atom is 0.410 e. The minimum atomic E-state index is -0.301. The topological polar surface area (TPSA) is 68.7 Å². The van der Waals surface area contributed by atoms with Crippen LogP contribution in [0.25, 0.3) is 0 Å². The summed E-state index contributed by atoms with van der Waals surface area (Å²) in [6, 6.07) is 1.89. The van der Waals surface area contributed by atoms with Gasteiger partial charge in [0.2, 0.25) is 0 Å². The summed E-state index contributed by atoms with van der Waals surface area (Å²) >= 11 is 0. The SMILES string of the molecule is COC(=O)N1CCc2occc2C1CCN. The van der Waals surface area contributed by atoms with Gasteiger partial charge in [0.15, 0.2) is 0 Å². The number of rotatable bonds is 2. The van der Waals surface area contributed by atoms with Crippen LogP contribution in [-0.4, -0.2) is 31.2 Å². The van der Waals surface area contributed by atoms with Crippen LogP contribution in [0.3, 0.4) is 0 Å². The lowest BCUT2D eigenvalue weighted by Gasteiger charge is -2.33. The van der Waals surface area contributed by atoms with Crippen LogP contribution < -0.4 is 5.73 Å². The zero-order valence-corrected chi connectivity index (χ0v) is 9.31. The lowest BCUT2D eigenvalue weighted by molar-refractivity contribution is 0.0970. The van der Waals surface area contributed by atoms with Gasteiger partial charge in [-0.1, -0.05) is 0 Å². The van der Waals surface area contributed by atoms with E-state index in [-0.39, 0.29) is 12.1 Å². The van der Waals surface area contributed by atoms with E-state index in [0.29, 0.717) is 13.1 Å². The standard InChI is InChI=1S/C11H16N2O3/c1-15-11(14)13-6-3-10-8(4-7-16-10)9(13)2-5-12/h4,7,9H,2-3,5-6,12H2,1H3. The van der Waals surface area contributed by atoms with Crippen molar-refractivity contribution >= 4 is 6.09 Å². The molecule has 1 aromatic rings. The van der Waals surface area contributed by atoms with Crippen LogP contribution in [0.5, 0.6) is 0 Å². The van der Waals surface area contributed by atoms with Gasteiger partial charge in [-0.05, 0) is 19.0 Å². The van der Waals surface area contributed by atoms with Gasteiger partial charge in [0, 0.05) is 18.5 Å². The highest BCUT2D eigenvalue weighted by molar-refractivity contribution is 5.68. The Hall–Kier alpha value is -1.49. The summed E-state index contributed by atoms with van der Waals surface area (Å²) in [5, 5.41) is 0. The molecular formula is C11H16N2O3. The summed E-state index contributed by atoms with van der Waals surface area (Å²) in [5.74, 6) is 0.957. The van der Waals surface area contributed by atoms with Crippen LogP contribution in [0.15, 0.2) is 16.7 Å². The number of nitrogens with zero attached hydrogens (tertiary/aromatic N) is 1. The van der Waals surface area contributed by atoms with Gasteiger partial charge in [-0.3, -0.25) is 0 Å². The lowest BCUT2D eigenvalue weighted by atomic mass is 9.97. The van der Waals surface area contributed by atoms with Crippen LogP contribution in [-0.2, 0) is 11.2 Å². The summed E-state index contributed by atoms with van der Waals surface area (Å²) < 4.78 is 10.1. The molecule has 1 aliphatic rings. The molecule has 16 heavy (non-hydrogen) atoms. The van der Waals surface area contributed by atoms with E-state index in [1.807, 2.05) is 6.07 Å². The molecule has 0 spiro atoms. The van der Waals surface area contributed by atoms with Crippen LogP contribution in [0, 0.1) is 0 Å². The molecule has 0 fully saturated rings. The van der Waals surface area contributed by atoms with E-state index in [4.69, 9.17) is 14.9 Å². The van der Waals surface area contributed by atoms with Gasteiger partial charge < -0.3 is 19.8 Å². The minimum absolute atomic E-state index is 0.0139. The maximum absolute atomic E-state index is 11.6. The summed E-state index contributed by atoms with van der Waals surface area (Å²) in [7, 11) is 1.40. The van der Waals surface area contributed by atoms with Gasteiger partial charge in [0.1, 0.15) is 5.76 Å². The molecule has 1 amide bonds. The second kappa shape index (κ2) is 4.57. The number of nitrogens with two attached hydrogens (primary N) is 1. The first kappa shape index (κ1) is 11.0. The van der Waals surface area contributed by atoms with Gasteiger partial charge >= 0.3 is 6.09 Å². The molecule has 0 radical (unpaired) electrons. The zero-order chi connectivity index (χ0) is 11.5. The molecule has 0 bridgehead atoms. The Morgan fingerprint density at radius 1 is 1.75 bits per heavy atom. The molecular weight excluding hydrogens is 208 g/mol. The second-order valence-electron chi connectivity index (χ2n) is 3.81. The van der Waals surface area contributed by atoms with E-state index in [1.54, 1.807) is 11.2 Å². The molecule has 0 saturated heterocycles. The lowest BCUT2D eigenvalue weighted by Crippen LogP contribution is -2.40. The van der Waals surface area contributed by atoms with Crippen molar-refractivity contribution in [1.29, 1.82) is 0 Å². The van der Waals surface area contributed by atoms with Crippen molar-refractivity contribution in [2.75, 3.05) is 20.2 Å². The van der Waals surface area contributed by atoms with Crippen LogP contribution >= 0.6 is 0 Å². The van der Waals surface area contributed by atoms with Gasteiger partial charge in [0.05, 0.1) is 19.4 Å². The van der Waals surface area contributed by atoms with E-state index in [9.17, 15) is 4.79 Å². The Morgan fingerprint density at radius 2 is 2.56 bits per heavy atom. The zero-order valence-electron chi connectivity index (χ0n) is 9.31. The molecule has 88 valence electrons. The third kappa shape index (κ3) is 1.78. The molecule has 0 aromatic carbocycles. The van der Waals surface area contributed by atoms with Crippen LogP contribution in [0.4, 0.5) is 4.79 Å². The third-order valence-corrected chi connectivity index (χ3v) is 2.94. The summed E-state index contributed by atoms with van der Waals surface area (Å²) in [6.45, 7) is 1.15. The fourth-order valence-corrected chi connectivity index (χ4v) is 2.20. The number of carbonyl (C=O) groups excluding carboxylic acids is 1. The molecule has 2 heterocycles. The molecule has 0 saturated carbocycles. The van der Waals surface area contributed by atoms with E-state index < -0.39 is 0 Å². The number of carbonyl (C=O) groups is 1. The number of methoxy groups -OCH3 is 1. The van der Waals surface area contributed by atoms with Gasteiger partial charge in [-0.25, -0.2) is 4.79 Å². The average molecular weight is 224 g/mol. The Labute approximate surface area is 94.1 Å². The third-order valence-electron chi connectivity index (χ3n) is 2.94. The first-order chi connectivity index (χ1) is 7.77. The highest BCUT2D eigenvalue weighted by Gasteiger charge is 2.32. The quantitative estimate of drug-likeness (QED) is 0.822. The van der Waals surface area contributed by atoms with E-state index >= 15 is 0 Å². The number of fused-ring (bicyclic) bond motifs is 1. The summed E-state index contributed by atoms with van der Waals surface area (Å²) in [4.78, 5) is 13.3. The minimum Gasteiger partial charge on any atom is -0.469 e. The van der Waals surface area contributed by atoms with Gasteiger partial charge in [-0.15, -0.1) is 0 Å². The molecule has 1 atom stereocenters. The number of amides is 1. The maximum atomic E-state index is 11.6. The number of hydrogen-bond acceptors (Lipinski definition) is 4. The highest BCUT2D eigenvalue weighted by atomic mass is 16.5. The van der Waals surface area contributed by atoms with Crippen molar-refractivity contribution in [2.45, 2.75) is 18.9 Å². The van der Waals surface area contributed by atoms with Crippen molar-refractivity contribution < 1.29 is 13.9 Å². The van der Waals surface area contributed by atoms with Crippen molar-refractivity contribution in [3.63, 3.8) is 0 Å². The Bertz CT molecular complexity index is 375. The number of ether oxygens (including phenoxy) is 1. The molecule has 5 nitrogen and oxygen atoms in total. The predicted molar refractivity (Wildman–Crippen MR) is 57.9 cm³/mol. The monoisotopic (exact) mass is 224 g/mol. The second-order valence-corrected chi connectivity index (χ2v) is 3.81. The smallest absolute Gasteiger partial charge is 0.410 e. The van der Waals surface area contributed by atoms with E-state index in [0.717, 1.165) is 24.2 Å². The average Bonchev–Trinajstić information content (AvgIpc) is 2.77. The van der Waals surface area contributed by atoms with Gasteiger partial charge in [-0.2, -0.15) is 0 Å². The first-order valence-electron chi connectivity index (χ1n) is 5.39. The number of hydrogen-bond donors (Lipinski definition) is 1. The van der Waals surface area contributed by atoms with E-state index in [1.165, 1.54) is 7.11 Å². The number of furan rings is 1. The summed E-state index contributed by atoms with van der Waals surface area (Å²) in [6.07, 6.45) is 2.82. The molecule has 5 heteroatoms. The Kier molecular flexibility index (Phi) is 3.14. The summed E-state index contributed by atoms with van der Waals surface area (Å²) in [5.41, 5.74) is 6.64. The molecule has 1 aliphatic heterocycles. The van der Waals surface area contributed by atoms with Crippen LogP contribution in [0.2, 0.25) is 0 Å². The largest absolute Gasteiger partial charge is 0.469 e.